The van der Waals surface area contributed by atoms with Crippen molar-refractivity contribution in [1.82, 2.24) is 0 Å². The van der Waals surface area contributed by atoms with Gasteiger partial charge in [-0.1, -0.05) is 18.2 Å². The maximum absolute atomic E-state index is 11.9. The smallest absolute Gasteiger partial charge is 0.338 e. The van der Waals surface area contributed by atoms with Gasteiger partial charge in [-0.05, 0) is 18.6 Å². The molecule has 1 aromatic carbocycles. The maximum Gasteiger partial charge on any atom is 0.338 e. The Morgan fingerprint density at radius 1 is 1.32 bits per heavy atom. The van der Waals surface area contributed by atoms with Crippen LogP contribution in [-0.4, -0.2) is 31.1 Å². The summed E-state index contributed by atoms with van der Waals surface area (Å²) in [7, 11) is 1.66. The maximum atomic E-state index is 11.9. The SMILES string of the molecule is CO[C@H]1CC[C@]2(C[C@@H](OC(=O)c3ccccc3)C2)O1. The van der Waals surface area contributed by atoms with Crippen LogP contribution in [0.2, 0.25) is 0 Å². The van der Waals surface area contributed by atoms with Gasteiger partial charge in [-0.25, -0.2) is 4.79 Å². The predicted octanol–water partition coefficient (Wildman–Crippen LogP) is 2.53. The molecular weight excluding hydrogens is 244 g/mol. The largest absolute Gasteiger partial charge is 0.459 e. The average molecular weight is 262 g/mol. The summed E-state index contributed by atoms with van der Waals surface area (Å²) >= 11 is 0. The molecule has 19 heavy (non-hydrogen) atoms. The van der Waals surface area contributed by atoms with Crippen LogP contribution in [0.15, 0.2) is 30.3 Å². The molecule has 0 amide bonds. The van der Waals surface area contributed by atoms with Gasteiger partial charge in [0.15, 0.2) is 6.29 Å². The molecule has 0 bridgehead atoms. The standard InChI is InChI=1S/C15H18O4/c1-17-13-7-8-15(19-13)9-12(10-15)18-14(16)11-5-3-2-4-6-11/h2-6,12-13H,7-10H2,1H3/t12-,13-,15-/m1/s1. The summed E-state index contributed by atoms with van der Waals surface area (Å²) < 4.78 is 16.5. The lowest BCUT2D eigenvalue weighted by Crippen LogP contribution is -2.49. The van der Waals surface area contributed by atoms with Crippen molar-refractivity contribution in [3.63, 3.8) is 0 Å². The molecule has 1 saturated carbocycles. The van der Waals surface area contributed by atoms with Crippen molar-refractivity contribution in [2.24, 2.45) is 0 Å². The highest BCUT2D eigenvalue weighted by Crippen LogP contribution is 2.47. The molecule has 1 aliphatic heterocycles. The molecule has 1 aliphatic carbocycles. The van der Waals surface area contributed by atoms with Crippen LogP contribution < -0.4 is 0 Å². The van der Waals surface area contributed by atoms with Gasteiger partial charge in [0.25, 0.3) is 0 Å². The molecule has 4 nitrogen and oxygen atoms in total. The Kier molecular flexibility index (Phi) is 3.29. The number of esters is 1. The number of carbonyl (C=O) groups is 1. The van der Waals surface area contributed by atoms with Crippen LogP contribution in [0.5, 0.6) is 0 Å². The summed E-state index contributed by atoms with van der Waals surface area (Å²) in [4.78, 5) is 11.9. The Balaban J connectivity index is 1.51. The first-order valence-corrected chi connectivity index (χ1v) is 6.67. The number of benzene rings is 1. The molecule has 4 heteroatoms. The Morgan fingerprint density at radius 3 is 2.68 bits per heavy atom. The Labute approximate surface area is 112 Å². The fourth-order valence-electron chi connectivity index (χ4n) is 2.89. The number of hydrogen-bond donors (Lipinski definition) is 0. The van der Waals surface area contributed by atoms with Crippen molar-refractivity contribution in [1.29, 1.82) is 0 Å². The molecule has 0 N–H and O–H groups in total. The highest BCUT2D eigenvalue weighted by molar-refractivity contribution is 5.89. The Hall–Kier alpha value is -1.39. The zero-order chi connectivity index (χ0) is 13.3. The molecule has 1 heterocycles. The summed E-state index contributed by atoms with van der Waals surface area (Å²) in [6.07, 6.45) is 3.37. The van der Waals surface area contributed by atoms with Crippen LogP contribution in [-0.2, 0) is 14.2 Å². The number of rotatable bonds is 3. The second-order valence-electron chi connectivity index (χ2n) is 5.31. The normalized spacial score (nSPS) is 33.1. The van der Waals surface area contributed by atoms with E-state index in [-0.39, 0.29) is 24.0 Å². The molecule has 0 aromatic heterocycles. The number of ether oxygens (including phenoxy) is 3. The number of methoxy groups -OCH3 is 1. The molecule has 1 saturated heterocycles. The van der Waals surface area contributed by atoms with E-state index in [1.165, 1.54) is 0 Å². The van der Waals surface area contributed by atoms with Gasteiger partial charge >= 0.3 is 5.97 Å². The summed E-state index contributed by atoms with van der Waals surface area (Å²) in [6, 6.07) is 9.09. The summed E-state index contributed by atoms with van der Waals surface area (Å²) in [5.41, 5.74) is 0.494. The van der Waals surface area contributed by atoms with Crippen LogP contribution >= 0.6 is 0 Å². The lowest BCUT2D eigenvalue weighted by Gasteiger charge is -2.43. The highest BCUT2D eigenvalue weighted by Gasteiger charge is 2.52. The van der Waals surface area contributed by atoms with E-state index in [1.807, 2.05) is 18.2 Å². The van der Waals surface area contributed by atoms with E-state index in [2.05, 4.69) is 0 Å². The van der Waals surface area contributed by atoms with Gasteiger partial charge in [-0.2, -0.15) is 0 Å². The average Bonchev–Trinajstić information content (AvgIpc) is 2.84. The van der Waals surface area contributed by atoms with Crippen molar-refractivity contribution < 1.29 is 19.0 Å². The molecular formula is C15H18O4. The molecule has 1 atom stereocenters. The predicted molar refractivity (Wildman–Crippen MR) is 68.7 cm³/mol. The van der Waals surface area contributed by atoms with E-state index >= 15 is 0 Å². The Bertz CT molecular complexity index is 450. The minimum absolute atomic E-state index is 0.0247. The van der Waals surface area contributed by atoms with Crippen molar-refractivity contribution in [3.8, 4) is 0 Å². The van der Waals surface area contributed by atoms with Crippen LogP contribution in [0, 0.1) is 0 Å². The fourth-order valence-corrected chi connectivity index (χ4v) is 2.89. The summed E-state index contributed by atoms with van der Waals surface area (Å²) in [5.74, 6) is -0.248. The second-order valence-corrected chi connectivity index (χ2v) is 5.31. The monoisotopic (exact) mass is 262 g/mol. The molecule has 1 aromatic rings. The summed E-state index contributed by atoms with van der Waals surface area (Å²) in [5, 5.41) is 0. The minimum atomic E-state index is -0.248. The van der Waals surface area contributed by atoms with Gasteiger partial charge in [-0.15, -0.1) is 0 Å². The van der Waals surface area contributed by atoms with Crippen molar-refractivity contribution in [3.05, 3.63) is 35.9 Å². The van der Waals surface area contributed by atoms with E-state index in [1.54, 1.807) is 19.2 Å². The van der Waals surface area contributed by atoms with Crippen LogP contribution in [0.1, 0.15) is 36.0 Å². The molecule has 0 unspecified atom stereocenters. The van der Waals surface area contributed by atoms with Gasteiger partial charge in [0.1, 0.15) is 6.10 Å². The first-order valence-electron chi connectivity index (χ1n) is 6.67. The van der Waals surface area contributed by atoms with Gasteiger partial charge in [0.05, 0.1) is 11.2 Å². The quantitative estimate of drug-likeness (QED) is 0.785. The third-order valence-electron chi connectivity index (χ3n) is 3.96. The van der Waals surface area contributed by atoms with Crippen molar-refractivity contribution in [2.45, 2.75) is 43.7 Å². The molecule has 2 fully saturated rings. The van der Waals surface area contributed by atoms with Crippen molar-refractivity contribution >= 4 is 5.97 Å². The van der Waals surface area contributed by atoms with Crippen LogP contribution in [0.4, 0.5) is 0 Å². The lowest BCUT2D eigenvalue weighted by atomic mass is 9.75. The first-order chi connectivity index (χ1) is 9.21. The van der Waals surface area contributed by atoms with Crippen LogP contribution in [0.25, 0.3) is 0 Å². The molecule has 0 radical (unpaired) electrons. The third-order valence-corrected chi connectivity index (χ3v) is 3.96. The fraction of sp³-hybridized carbons (Fsp3) is 0.533. The zero-order valence-corrected chi connectivity index (χ0v) is 11.0. The second kappa shape index (κ2) is 4.94. The number of carbonyl (C=O) groups excluding carboxylic acids is 1. The number of hydrogen-bond acceptors (Lipinski definition) is 4. The first kappa shape index (κ1) is 12.6. The topological polar surface area (TPSA) is 44.8 Å². The van der Waals surface area contributed by atoms with Gasteiger partial charge in [-0.3, -0.25) is 0 Å². The highest BCUT2D eigenvalue weighted by atomic mass is 16.7. The van der Waals surface area contributed by atoms with E-state index in [0.29, 0.717) is 5.56 Å². The van der Waals surface area contributed by atoms with Crippen LogP contribution in [0.3, 0.4) is 0 Å². The molecule has 3 rings (SSSR count). The minimum Gasteiger partial charge on any atom is -0.459 e. The van der Waals surface area contributed by atoms with E-state index < -0.39 is 0 Å². The van der Waals surface area contributed by atoms with E-state index in [0.717, 1.165) is 25.7 Å². The zero-order valence-electron chi connectivity index (χ0n) is 11.0. The van der Waals surface area contributed by atoms with Gasteiger partial charge in [0, 0.05) is 26.4 Å². The molecule has 2 aliphatic rings. The molecule has 102 valence electrons. The van der Waals surface area contributed by atoms with E-state index in [9.17, 15) is 4.79 Å². The van der Waals surface area contributed by atoms with Gasteiger partial charge in [0.2, 0.25) is 0 Å². The third kappa shape index (κ3) is 2.51. The lowest BCUT2D eigenvalue weighted by molar-refractivity contribution is -0.205. The summed E-state index contributed by atoms with van der Waals surface area (Å²) in [6.45, 7) is 0. The van der Waals surface area contributed by atoms with Crippen molar-refractivity contribution in [2.75, 3.05) is 7.11 Å². The van der Waals surface area contributed by atoms with E-state index in [4.69, 9.17) is 14.2 Å². The molecule has 1 spiro atoms. The Morgan fingerprint density at radius 2 is 2.05 bits per heavy atom. The van der Waals surface area contributed by atoms with Gasteiger partial charge < -0.3 is 14.2 Å².